The van der Waals surface area contributed by atoms with Crippen molar-refractivity contribution in [3.05, 3.63) is 35.9 Å². The molecule has 0 unspecified atom stereocenters. The molecule has 1 rings (SSSR count). The summed E-state index contributed by atoms with van der Waals surface area (Å²) in [6, 6.07) is 8.21. The molecular formula is C14H16NO6P. The van der Waals surface area contributed by atoms with Gasteiger partial charge in [-0.3, -0.25) is 18.9 Å². The van der Waals surface area contributed by atoms with Gasteiger partial charge < -0.3 is 15.2 Å². The lowest BCUT2D eigenvalue weighted by Gasteiger charge is -2.14. The van der Waals surface area contributed by atoms with Gasteiger partial charge in [0.2, 0.25) is 14.4 Å². The molecule has 7 nitrogen and oxygen atoms in total. The number of aliphatic hydroxyl groups is 1. The highest BCUT2D eigenvalue weighted by Gasteiger charge is 2.25. The van der Waals surface area contributed by atoms with Crippen LogP contribution in [0.4, 0.5) is 0 Å². The molecule has 0 aliphatic carbocycles. The van der Waals surface area contributed by atoms with Crippen LogP contribution in [0.5, 0.6) is 0 Å². The van der Waals surface area contributed by atoms with Crippen molar-refractivity contribution in [1.29, 1.82) is 0 Å². The molecule has 118 valence electrons. The fourth-order valence-corrected chi connectivity index (χ4v) is 1.86. The topological polar surface area (TPSA) is 110 Å². The summed E-state index contributed by atoms with van der Waals surface area (Å²) in [4.78, 5) is 34.4. The fourth-order valence-electron chi connectivity index (χ4n) is 1.56. The minimum atomic E-state index is -1.25. The number of nitrogens with one attached hydrogen (secondary N) is 1. The summed E-state index contributed by atoms with van der Waals surface area (Å²) in [5.41, 5.74) is -0.357. The number of amides is 1. The third kappa shape index (κ3) is 5.71. The summed E-state index contributed by atoms with van der Waals surface area (Å²) < 4.78 is 15.8. The quantitative estimate of drug-likeness (QED) is 0.544. The molecule has 8 heteroatoms. The Kier molecular flexibility index (Phi) is 7.36. The first-order valence-electron chi connectivity index (χ1n) is 6.53. The van der Waals surface area contributed by atoms with Gasteiger partial charge in [0, 0.05) is 12.1 Å². The monoisotopic (exact) mass is 325 g/mol. The van der Waals surface area contributed by atoms with Gasteiger partial charge in [0.1, 0.15) is 6.10 Å². The number of carbonyl (C=O) groups is 3. The van der Waals surface area contributed by atoms with Crippen molar-refractivity contribution in [2.75, 3.05) is 6.54 Å². The molecule has 22 heavy (non-hydrogen) atoms. The zero-order chi connectivity index (χ0) is 16.5. The molecule has 0 aromatic heterocycles. The van der Waals surface area contributed by atoms with Crippen LogP contribution in [-0.4, -0.2) is 35.2 Å². The highest BCUT2D eigenvalue weighted by Crippen LogP contribution is 2.23. The highest BCUT2D eigenvalue weighted by molar-refractivity contribution is 7.46. The van der Waals surface area contributed by atoms with Crippen molar-refractivity contribution in [3.63, 3.8) is 0 Å². The molecule has 0 aliphatic rings. The SMILES string of the molecule is C[C@H](O)C(=O)NCCC(=O)O[C@H](C(=O)P=O)c1ccccc1. The molecule has 1 amide bonds. The van der Waals surface area contributed by atoms with Gasteiger partial charge in [-0.2, -0.15) is 0 Å². The summed E-state index contributed by atoms with van der Waals surface area (Å²) in [5.74, 6) is -1.33. The van der Waals surface area contributed by atoms with E-state index < -0.39 is 38.1 Å². The minimum Gasteiger partial charge on any atom is -0.448 e. The van der Waals surface area contributed by atoms with Gasteiger partial charge in [-0.05, 0) is 6.92 Å². The predicted molar refractivity (Wildman–Crippen MR) is 77.2 cm³/mol. The Morgan fingerprint density at radius 1 is 1.27 bits per heavy atom. The summed E-state index contributed by atoms with van der Waals surface area (Å²) in [6.07, 6.45) is -2.60. The molecule has 0 fully saturated rings. The van der Waals surface area contributed by atoms with Crippen LogP contribution < -0.4 is 5.32 Å². The molecule has 0 bridgehead atoms. The van der Waals surface area contributed by atoms with E-state index in [0.717, 1.165) is 0 Å². The standard InChI is InChI=1S/C14H16NO6P/c1-9(16)13(18)15-8-7-11(17)21-12(14(19)22-20)10-5-3-2-4-6-10/h2-6,9,12,16H,7-8H2,1H3,(H,15,18)/t9-,12-/m0/s1. The number of ether oxygens (including phenoxy) is 1. The number of aliphatic hydroxyl groups excluding tert-OH is 1. The van der Waals surface area contributed by atoms with Crippen LogP contribution in [0.15, 0.2) is 30.3 Å². The third-order valence-corrected chi connectivity index (χ3v) is 3.09. The summed E-state index contributed by atoms with van der Waals surface area (Å²) in [7, 11) is -0.752. The van der Waals surface area contributed by atoms with E-state index in [1.807, 2.05) is 0 Å². The zero-order valence-corrected chi connectivity index (χ0v) is 12.8. The Morgan fingerprint density at radius 3 is 2.45 bits per heavy atom. The smallest absolute Gasteiger partial charge is 0.308 e. The Labute approximate surface area is 128 Å². The molecule has 2 atom stereocenters. The zero-order valence-electron chi connectivity index (χ0n) is 11.9. The van der Waals surface area contributed by atoms with Crippen LogP contribution in [-0.2, 0) is 23.7 Å². The molecule has 1 aromatic rings. The van der Waals surface area contributed by atoms with Crippen molar-refractivity contribution in [2.45, 2.75) is 25.6 Å². The Bertz CT molecular complexity index is 546. The summed E-state index contributed by atoms with van der Waals surface area (Å²) in [6.45, 7) is 1.26. The van der Waals surface area contributed by atoms with E-state index in [4.69, 9.17) is 9.84 Å². The molecule has 0 saturated carbocycles. The number of benzene rings is 1. The second kappa shape index (κ2) is 9.02. The molecule has 2 N–H and O–H groups in total. The van der Waals surface area contributed by atoms with Crippen molar-refractivity contribution >= 4 is 25.9 Å². The maximum absolute atomic E-state index is 11.7. The van der Waals surface area contributed by atoms with E-state index in [0.29, 0.717) is 5.56 Å². The Morgan fingerprint density at radius 2 is 1.91 bits per heavy atom. The maximum atomic E-state index is 11.7. The summed E-state index contributed by atoms with van der Waals surface area (Å²) in [5, 5.41) is 11.3. The van der Waals surface area contributed by atoms with Gasteiger partial charge in [0.05, 0.1) is 6.42 Å². The molecule has 1 aromatic carbocycles. The number of rotatable bonds is 8. The Hall–Kier alpha value is -2.11. The predicted octanol–water partition coefficient (Wildman–Crippen LogP) is 0.976. The second-order valence-electron chi connectivity index (χ2n) is 4.43. The van der Waals surface area contributed by atoms with Crippen molar-refractivity contribution in [1.82, 2.24) is 5.32 Å². The first-order chi connectivity index (χ1) is 10.5. The van der Waals surface area contributed by atoms with Gasteiger partial charge in [-0.15, -0.1) is 0 Å². The maximum Gasteiger partial charge on any atom is 0.308 e. The second-order valence-corrected chi connectivity index (χ2v) is 5.05. The molecule has 0 aliphatic heterocycles. The van der Waals surface area contributed by atoms with Gasteiger partial charge >= 0.3 is 5.97 Å². The number of hydrogen-bond donors (Lipinski definition) is 2. The van der Waals surface area contributed by atoms with Crippen LogP contribution in [0, 0.1) is 0 Å². The summed E-state index contributed by atoms with van der Waals surface area (Å²) >= 11 is 0. The van der Waals surface area contributed by atoms with E-state index >= 15 is 0 Å². The number of hydrogen-bond acceptors (Lipinski definition) is 6. The third-order valence-electron chi connectivity index (χ3n) is 2.67. The lowest BCUT2D eigenvalue weighted by atomic mass is 10.1. The fraction of sp³-hybridized carbons (Fsp3) is 0.357. The van der Waals surface area contributed by atoms with E-state index in [1.165, 1.54) is 6.92 Å². The van der Waals surface area contributed by atoms with Crippen LogP contribution in [0.2, 0.25) is 0 Å². The van der Waals surface area contributed by atoms with Gasteiger partial charge in [0.15, 0.2) is 6.10 Å². The number of esters is 1. The van der Waals surface area contributed by atoms with E-state index in [1.54, 1.807) is 30.3 Å². The van der Waals surface area contributed by atoms with E-state index in [2.05, 4.69) is 5.32 Å². The molecule has 0 radical (unpaired) electrons. The van der Waals surface area contributed by atoms with E-state index in [9.17, 15) is 18.9 Å². The molecular weight excluding hydrogens is 309 g/mol. The van der Waals surface area contributed by atoms with Gasteiger partial charge in [-0.1, -0.05) is 30.3 Å². The average Bonchev–Trinajstić information content (AvgIpc) is 2.52. The van der Waals surface area contributed by atoms with Crippen molar-refractivity contribution in [3.8, 4) is 0 Å². The van der Waals surface area contributed by atoms with Crippen molar-refractivity contribution in [2.24, 2.45) is 0 Å². The van der Waals surface area contributed by atoms with Crippen LogP contribution >= 0.6 is 8.46 Å². The van der Waals surface area contributed by atoms with E-state index in [-0.39, 0.29) is 13.0 Å². The van der Waals surface area contributed by atoms with Gasteiger partial charge in [-0.25, -0.2) is 0 Å². The van der Waals surface area contributed by atoms with Gasteiger partial charge in [0.25, 0.3) is 5.52 Å². The highest BCUT2D eigenvalue weighted by atomic mass is 31.1. The molecule has 0 spiro atoms. The molecule has 0 saturated heterocycles. The first-order valence-corrected chi connectivity index (χ1v) is 7.34. The Balaban J connectivity index is 2.59. The minimum absolute atomic E-state index is 0.0344. The lowest BCUT2D eigenvalue weighted by molar-refractivity contribution is -0.153. The lowest BCUT2D eigenvalue weighted by Crippen LogP contribution is -2.34. The normalized spacial score (nSPS) is 13.2. The van der Waals surface area contributed by atoms with Crippen LogP contribution in [0.1, 0.15) is 25.0 Å². The largest absolute Gasteiger partial charge is 0.448 e. The molecule has 0 heterocycles. The van der Waals surface area contributed by atoms with Crippen LogP contribution in [0.3, 0.4) is 0 Å². The van der Waals surface area contributed by atoms with Crippen LogP contribution in [0.25, 0.3) is 0 Å². The number of carbonyl (C=O) groups excluding carboxylic acids is 3. The first kappa shape index (κ1) is 17.9. The average molecular weight is 325 g/mol. The van der Waals surface area contributed by atoms with Crippen molar-refractivity contribution < 1.29 is 28.8 Å².